The van der Waals surface area contributed by atoms with Crippen LogP contribution in [0.4, 0.5) is 0 Å². The Morgan fingerprint density at radius 1 is 0.933 bits per heavy atom. The van der Waals surface area contributed by atoms with Crippen LogP contribution < -0.4 is 19.7 Å². The summed E-state index contributed by atoms with van der Waals surface area (Å²) in [5.74, 6) is 1.56. The van der Waals surface area contributed by atoms with Crippen molar-refractivity contribution in [1.29, 1.82) is 0 Å². The highest BCUT2D eigenvalue weighted by Crippen LogP contribution is 2.17. The Balaban J connectivity index is 1.57. The smallest absolute Gasteiger partial charge is 0.251 e. The molecule has 2 N–H and O–H groups in total. The van der Waals surface area contributed by atoms with Gasteiger partial charge in [-0.05, 0) is 42.0 Å². The molecule has 0 bridgehead atoms. The van der Waals surface area contributed by atoms with Crippen molar-refractivity contribution < 1.29 is 19.2 Å². The summed E-state index contributed by atoms with van der Waals surface area (Å²) in [7, 11) is 5.82. The number of amides is 1. The Morgan fingerprint density at radius 2 is 1.63 bits per heavy atom. The van der Waals surface area contributed by atoms with Crippen LogP contribution >= 0.6 is 0 Å². The topological polar surface area (TPSA) is 52.0 Å². The van der Waals surface area contributed by atoms with E-state index in [0.29, 0.717) is 18.7 Å². The predicted octanol–water partition coefficient (Wildman–Crippen LogP) is 2.89. The number of hydrogen-bond donors (Lipinski definition) is 2. The molecule has 1 atom stereocenters. The van der Waals surface area contributed by atoms with Gasteiger partial charge in [0, 0.05) is 11.1 Å². The van der Waals surface area contributed by atoms with Crippen LogP contribution in [-0.4, -0.2) is 33.7 Å². The molecule has 30 heavy (non-hydrogen) atoms. The second-order valence-corrected chi connectivity index (χ2v) is 7.42. The van der Waals surface area contributed by atoms with E-state index >= 15 is 0 Å². The van der Waals surface area contributed by atoms with Gasteiger partial charge in [0.15, 0.2) is 0 Å². The molecule has 0 aliphatic rings. The lowest BCUT2D eigenvalue weighted by molar-refractivity contribution is -0.890. The van der Waals surface area contributed by atoms with Crippen LogP contribution in [-0.2, 0) is 6.61 Å². The summed E-state index contributed by atoms with van der Waals surface area (Å²) in [6.07, 6.45) is 0. The molecule has 0 unspecified atom stereocenters. The summed E-state index contributed by atoms with van der Waals surface area (Å²) >= 11 is 0. The van der Waals surface area contributed by atoms with Gasteiger partial charge in [-0.15, -0.1) is 0 Å². The Labute approximate surface area is 178 Å². The van der Waals surface area contributed by atoms with Crippen LogP contribution in [0.5, 0.6) is 11.5 Å². The van der Waals surface area contributed by atoms with Gasteiger partial charge in [-0.25, -0.2) is 0 Å². The third-order valence-corrected chi connectivity index (χ3v) is 5.02. The van der Waals surface area contributed by atoms with E-state index in [-0.39, 0.29) is 11.9 Å². The number of para-hydroxylation sites is 1. The molecule has 0 aromatic heterocycles. The number of rotatable bonds is 9. The van der Waals surface area contributed by atoms with Crippen molar-refractivity contribution in [3.8, 4) is 11.5 Å². The highest BCUT2D eigenvalue weighted by molar-refractivity contribution is 5.94. The van der Waals surface area contributed by atoms with Crippen LogP contribution in [0.3, 0.4) is 0 Å². The zero-order valence-corrected chi connectivity index (χ0v) is 17.7. The van der Waals surface area contributed by atoms with Gasteiger partial charge in [0.2, 0.25) is 0 Å². The maximum Gasteiger partial charge on any atom is 0.251 e. The van der Waals surface area contributed by atoms with E-state index in [0.717, 1.165) is 22.6 Å². The fourth-order valence-electron chi connectivity index (χ4n) is 3.25. The van der Waals surface area contributed by atoms with Crippen molar-refractivity contribution in [2.75, 3.05) is 27.7 Å². The number of carbonyl (C=O) groups is 1. The van der Waals surface area contributed by atoms with E-state index in [1.807, 2.05) is 72.8 Å². The number of benzene rings is 3. The number of carbonyl (C=O) groups excluding carboxylic acids is 1. The normalized spacial score (nSPS) is 11.7. The third kappa shape index (κ3) is 5.84. The first-order valence-electron chi connectivity index (χ1n) is 10.1. The van der Waals surface area contributed by atoms with Crippen LogP contribution in [0.1, 0.15) is 27.5 Å². The van der Waals surface area contributed by atoms with E-state index in [1.165, 1.54) is 4.90 Å². The molecule has 5 heteroatoms. The first-order chi connectivity index (χ1) is 14.6. The largest absolute Gasteiger partial charge is 0.497 e. The molecule has 3 aromatic rings. The van der Waals surface area contributed by atoms with Crippen molar-refractivity contribution in [2.45, 2.75) is 12.6 Å². The third-order valence-electron chi connectivity index (χ3n) is 5.02. The van der Waals surface area contributed by atoms with Gasteiger partial charge in [0.1, 0.15) is 24.1 Å². The van der Waals surface area contributed by atoms with Gasteiger partial charge in [-0.3, -0.25) is 4.79 Å². The maximum absolute atomic E-state index is 12.6. The predicted molar refractivity (Wildman–Crippen MR) is 118 cm³/mol. The highest BCUT2D eigenvalue weighted by Gasteiger charge is 2.19. The van der Waals surface area contributed by atoms with Crippen molar-refractivity contribution in [3.05, 3.63) is 95.6 Å². The van der Waals surface area contributed by atoms with Crippen molar-refractivity contribution in [2.24, 2.45) is 0 Å². The number of likely N-dealkylation sites (N-methyl/N-ethyl adjacent to an activating group) is 1. The zero-order chi connectivity index (χ0) is 21.3. The summed E-state index contributed by atoms with van der Waals surface area (Å²) in [5, 5.41) is 3.06. The molecule has 0 fully saturated rings. The second kappa shape index (κ2) is 10.5. The minimum atomic E-state index is -0.0836. The van der Waals surface area contributed by atoms with E-state index in [2.05, 4.69) is 25.5 Å². The lowest BCUT2D eigenvalue weighted by Gasteiger charge is -2.22. The summed E-state index contributed by atoms with van der Waals surface area (Å²) < 4.78 is 11.1. The van der Waals surface area contributed by atoms with Gasteiger partial charge in [-0.1, -0.05) is 42.5 Å². The van der Waals surface area contributed by atoms with Crippen LogP contribution in [0.2, 0.25) is 0 Å². The SMILES string of the molecule is COc1cccc([C@@H](CNC(=O)c2ccc(COc3ccccc3)cc2)[NH+](C)C)c1. The molecule has 3 rings (SSSR count). The van der Waals surface area contributed by atoms with E-state index in [4.69, 9.17) is 9.47 Å². The molecule has 0 aliphatic carbocycles. The second-order valence-electron chi connectivity index (χ2n) is 7.42. The van der Waals surface area contributed by atoms with E-state index in [9.17, 15) is 4.79 Å². The zero-order valence-electron chi connectivity index (χ0n) is 17.7. The van der Waals surface area contributed by atoms with Gasteiger partial charge >= 0.3 is 0 Å². The quantitative estimate of drug-likeness (QED) is 0.576. The van der Waals surface area contributed by atoms with Crippen LogP contribution in [0.15, 0.2) is 78.9 Å². The summed E-state index contributed by atoms with van der Waals surface area (Å²) in [5.41, 5.74) is 2.78. The Kier molecular flexibility index (Phi) is 7.46. The first kappa shape index (κ1) is 21.4. The lowest BCUT2D eigenvalue weighted by atomic mass is 10.1. The average Bonchev–Trinajstić information content (AvgIpc) is 2.78. The van der Waals surface area contributed by atoms with Crippen molar-refractivity contribution in [3.63, 3.8) is 0 Å². The molecule has 1 amide bonds. The Hall–Kier alpha value is -3.31. The summed E-state index contributed by atoms with van der Waals surface area (Å²) in [4.78, 5) is 13.9. The van der Waals surface area contributed by atoms with Crippen LogP contribution in [0.25, 0.3) is 0 Å². The van der Waals surface area contributed by atoms with E-state index < -0.39 is 0 Å². The molecule has 0 spiro atoms. The fraction of sp³-hybridized carbons (Fsp3) is 0.240. The molecular formula is C25H29N2O3+. The Bertz CT molecular complexity index is 940. The minimum absolute atomic E-state index is 0.0836. The van der Waals surface area contributed by atoms with Crippen LogP contribution in [0, 0.1) is 0 Å². The molecule has 3 aromatic carbocycles. The lowest BCUT2D eigenvalue weighted by Crippen LogP contribution is -3.07. The van der Waals surface area contributed by atoms with Gasteiger partial charge in [0.25, 0.3) is 5.91 Å². The molecular weight excluding hydrogens is 376 g/mol. The van der Waals surface area contributed by atoms with E-state index in [1.54, 1.807) is 7.11 Å². The van der Waals surface area contributed by atoms with Gasteiger partial charge in [0.05, 0.1) is 27.7 Å². The number of nitrogens with one attached hydrogen (secondary N) is 2. The number of ether oxygens (including phenoxy) is 2. The molecule has 0 radical (unpaired) electrons. The molecule has 0 aliphatic heterocycles. The maximum atomic E-state index is 12.6. The summed E-state index contributed by atoms with van der Waals surface area (Å²) in [6, 6.07) is 25.3. The average molecular weight is 406 g/mol. The fourth-order valence-corrected chi connectivity index (χ4v) is 3.25. The molecule has 0 saturated heterocycles. The highest BCUT2D eigenvalue weighted by atomic mass is 16.5. The summed E-state index contributed by atoms with van der Waals surface area (Å²) in [6.45, 7) is 1.00. The monoisotopic (exact) mass is 405 g/mol. The number of hydrogen-bond acceptors (Lipinski definition) is 3. The first-order valence-corrected chi connectivity index (χ1v) is 10.1. The molecule has 0 heterocycles. The molecule has 0 saturated carbocycles. The van der Waals surface area contributed by atoms with Gasteiger partial charge in [-0.2, -0.15) is 0 Å². The minimum Gasteiger partial charge on any atom is -0.497 e. The van der Waals surface area contributed by atoms with Crippen molar-refractivity contribution in [1.82, 2.24) is 5.32 Å². The number of quaternary nitrogens is 1. The van der Waals surface area contributed by atoms with Crippen molar-refractivity contribution >= 4 is 5.91 Å². The van der Waals surface area contributed by atoms with Gasteiger partial charge < -0.3 is 19.7 Å². The standard InChI is InChI=1S/C25H28N2O3/c1-27(2)24(21-8-7-11-23(16-21)29-3)17-26-25(28)20-14-12-19(13-15-20)18-30-22-9-5-4-6-10-22/h4-16,24H,17-18H2,1-3H3,(H,26,28)/p+1/t24-/m1/s1. The molecule has 5 nitrogen and oxygen atoms in total. The number of methoxy groups -OCH3 is 1. The molecule has 156 valence electrons. The Morgan fingerprint density at radius 3 is 2.30 bits per heavy atom.